The summed E-state index contributed by atoms with van der Waals surface area (Å²) in [6, 6.07) is 21.1. The Morgan fingerprint density at radius 2 is 1.54 bits per heavy atom. The van der Waals surface area contributed by atoms with Gasteiger partial charge in [-0.2, -0.15) is 0 Å². The molecule has 0 spiro atoms. The Morgan fingerprint density at radius 1 is 0.964 bits per heavy atom. The van der Waals surface area contributed by atoms with Crippen LogP contribution < -0.4 is 10.4 Å². The van der Waals surface area contributed by atoms with E-state index in [1.54, 1.807) is 0 Å². The number of ether oxygens (including phenoxy) is 1. The Morgan fingerprint density at radius 3 is 2.07 bits per heavy atom. The summed E-state index contributed by atoms with van der Waals surface area (Å²) < 4.78 is 12.6. The van der Waals surface area contributed by atoms with Crippen molar-refractivity contribution in [2.45, 2.75) is 51.2 Å². The molecule has 0 saturated heterocycles. The van der Waals surface area contributed by atoms with Gasteiger partial charge >= 0.3 is 5.97 Å². The zero-order chi connectivity index (χ0) is 20.0. The molecule has 1 atom stereocenters. The molecule has 28 heavy (non-hydrogen) atoms. The van der Waals surface area contributed by atoms with Crippen molar-refractivity contribution in [3.8, 4) is 0 Å². The summed E-state index contributed by atoms with van der Waals surface area (Å²) in [5.41, 5.74) is 0. The Hall–Kier alpha value is -2.17. The van der Waals surface area contributed by atoms with Crippen molar-refractivity contribution in [3.05, 3.63) is 72.8 Å². The highest BCUT2D eigenvalue weighted by Gasteiger charge is 2.50. The molecule has 0 bridgehead atoms. The first-order chi connectivity index (χ1) is 13.4. The smallest absolute Gasteiger partial charge is 0.306 e. The van der Waals surface area contributed by atoms with Crippen LogP contribution in [0.2, 0.25) is 5.04 Å². The Kier molecular flexibility index (Phi) is 6.52. The number of allylic oxidation sites excluding steroid dienone is 1. The van der Waals surface area contributed by atoms with Gasteiger partial charge in [-0.05, 0) is 21.8 Å². The minimum absolute atomic E-state index is 0.0861. The molecule has 1 heterocycles. The third kappa shape index (κ3) is 4.45. The van der Waals surface area contributed by atoms with Gasteiger partial charge in [0.1, 0.15) is 6.10 Å². The van der Waals surface area contributed by atoms with E-state index < -0.39 is 8.32 Å². The highest BCUT2D eigenvalue weighted by atomic mass is 28.4. The second-order valence-corrected chi connectivity index (χ2v) is 12.6. The summed E-state index contributed by atoms with van der Waals surface area (Å²) >= 11 is 0. The van der Waals surface area contributed by atoms with Crippen LogP contribution in [0.5, 0.6) is 0 Å². The first-order valence-electron chi connectivity index (χ1n) is 10.0. The van der Waals surface area contributed by atoms with Gasteiger partial charge in [-0.1, -0.05) is 93.6 Å². The number of hydrogen-bond donors (Lipinski definition) is 0. The van der Waals surface area contributed by atoms with Gasteiger partial charge < -0.3 is 9.16 Å². The molecule has 3 nitrogen and oxygen atoms in total. The average molecular weight is 395 g/mol. The van der Waals surface area contributed by atoms with E-state index in [1.165, 1.54) is 10.4 Å². The average Bonchev–Trinajstić information content (AvgIpc) is 2.66. The highest BCUT2D eigenvalue weighted by molar-refractivity contribution is 6.99. The molecule has 2 aromatic rings. The summed E-state index contributed by atoms with van der Waals surface area (Å²) in [4.78, 5) is 12.0. The number of benzene rings is 2. The van der Waals surface area contributed by atoms with Crippen molar-refractivity contribution in [3.63, 3.8) is 0 Å². The van der Waals surface area contributed by atoms with E-state index in [1.807, 2.05) is 12.1 Å². The number of esters is 1. The molecule has 0 radical (unpaired) electrons. The lowest BCUT2D eigenvalue weighted by Crippen LogP contribution is -2.67. The van der Waals surface area contributed by atoms with Crippen LogP contribution in [-0.4, -0.2) is 27.0 Å². The van der Waals surface area contributed by atoms with Crippen LogP contribution in [0.4, 0.5) is 0 Å². The van der Waals surface area contributed by atoms with Crippen molar-refractivity contribution in [2.24, 2.45) is 0 Å². The zero-order valence-corrected chi connectivity index (χ0v) is 18.1. The molecule has 3 rings (SSSR count). The molecule has 0 saturated carbocycles. The van der Waals surface area contributed by atoms with Gasteiger partial charge in [-0.25, -0.2) is 0 Å². The predicted octanol–water partition coefficient (Wildman–Crippen LogP) is 4.21. The lowest BCUT2D eigenvalue weighted by atomic mass is 10.2. The second kappa shape index (κ2) is 8.89. The zero-order valence-electron chi connectivity index (χ0n) is 17.1. The van der Waals surface area contributed by atoms with Gasteiger partial charge in [-0.3, -0.25) is 4.79 Å². The number of cyclic esters (lactones) is 1. The molecule has 0 fully saturated rings. The topological polar surface area (TPSA) is 35.5 Å². The summed E-state index contributed by atoms with van der Waals surface area (Å²) in [6.07, 6.45) is 5.81. The SMILES string of the molecule is CC(C)(C)[Si](OC[C@H]1C/C=C\CCC(=O)O1)(c1ccccc1)c1ccccc1. The molecular weight excluding hydrogens is 364 g/mol. The van der Waals surface area contributed by atoms with Crippen LogP contribution in [0.25, 0.3) is 0 Å². The van der Waals surface area contributed by atoms with Crippen molar-refractivity contribution in [1.29, 1.82) is 0 Å². The summed E-state index contributed by atoms with van der Waals surface area (Å²) in [5, 5.41) is 2.39. The molecular formula is C24H30O3Si. The highest BCUT2D eigenvalue weighted by Crippen LogP contribution is 2.37. The maximum atomic E-state index is 12.0. The van der Waals surface area contributed by atoms with Crippen LogP contribution in [0.15, 0.2) is 72.8 Å². The van der Waals surface area contributed by atoms with Gasteiger partial charge in [0, 0.05) is 12.8 Å². The first kappa shape index (κ1) is 20.6. The number of carbonyl (C=O) groups excluding carboxylic acids is 1. The fourth-order valence-electron chi connectivity index (χ4n) is 3.94. The largest absolute Gasteiger partial charge is 0.460 e. The third-order valence-corrected chi connectivity index (χ3v) is 10.3. The van der Waals surface area contributed by atoms with E-state index in [-0.39, 0.29) is 17.1 Å². The first-order valence-corrected chi connectivity index (χ1v) is 11.9. The van der Waals surface area contributed by atoms with Crippen LogP contribution in [0, 0.1) is 0 Å². The number of rotatable bonds is 5. The normalized spacial score (nSPS) is 19.4. The van der Waals surface area contributed by atoms with E-state index in [0.717, 1.165) is 6.42 Å². The van der Waals surface area contributed by atoms with Crippen molar-refractivity contribution in [2.75, 3.05) is 6.61 Å². The molecule has 1 aliphatic heterocycles. The van der Waals surface area contributed by atoms with E-state index in [0.29, 0.717) is 19.4 Å². The maximum absolute atomic E-state index is 12.0. The maximum Gasteiger partial charge on any atom is 0.306 e. The molecule has 4 heteroatoms. The van der Waals surface area contributed by atoms with Crippen molar-refractivity contribution >= 4 is 24.7 Å². The monoisotopic (exact) mass is 394 g/mol. The Bertz CT molecular complexity index is 754. The minimum atomic E-state index is -2.60. The lowest BCUT2D eigenvalue weighted by molar-refractivity contribution is -0.150. The van der Waals surface area contributed by atoms with Crippen LogP contribution in [-0.2, 0) is 14.0 Å². The summed E-state index contributed by atoms with van der Waals surface area (Å²) in [7, 11) is -2.60. The summed E-state index contributed by atoms with van der Waals surface area (Å²) in [5.74, 6) is -0.139. The molecule has 0 aliphatic carbocycles. The van der Waals surface area contributed by atoms with Crippen LogP contribution >= 0.6 is 0 Å². The fourth-order valence-corrected chi connectivity index (χ4v) is 8.53. The molecule has 0 unspecified atom stereocenters. The molecule has 0 aromatic heterocycles. The van der Waals surface area contributed by atoms with Crippen molar-refractivity contribution in [1.82, 2.24) is 0 Å². The molecule has 0 amide bonds. The van der Waals surface area contributed by atoms with E-state index in [4.69, 9.17) is 9.16 Å². The quantitative estimate of drug-likeness (QED) is 0.433. The van der Waals surface area contributed by atoms with Gasteiger partial charge in [0.15, 0.2) is 0 Å². The molecule has 148 valence electrons. The van der Waals surface area contributed by atoms with Gasteiger partial charge in [-0.15, -0.1) is 0 Å². The van der Waals surface area contributed by atoms with E-state index in [2.05, 4.69) is 81.5 Å². The molecule has 1 aliphatic rings. The minimum Gasteiger partial charge on any atom is -0.460 e. The fraction of sp³-hybridized carbons (Fsp3) is 0.375. The Labute approximate surface area is 169 Å². The van der Waals surface area contributed by atoms with Gasteiger partial charge in [0.05, 0.1) is 6.61 Å². The lowest BCUT2D eigenvalue weighted by Gasteiger charge is -2.43. The van der Waals surface area contributed by atoms with Gasteiger partial charge in [0.2, 0.25) is 0 Å². The van der Waals surface area contributed by atoms with Crippen LogP contribution in [0.1, 0.15) is 40.0 Å². The standard InChI is InChI=1S/C24H30O3Si/c1-24(2,3)28(21-14-8-5-9-15-21,22-16-10-6-11-17-22)26-19-20-13-7-4-12-18-23(25)27-20/h4-11,14-17,20H,12-13,18-19H2,1-3H3/b7-4-/t20-/m1/s1. The predicted molar refractivity (Wildman–Crippen MR) is 116 cm³/mol. The van der Waals surface area contributed by atoms with Crippen molar-refractivity contribution < 1.29 is 14.0 Å². The van der Waals surface area contributed by atoms with E-state index in [9.17, 15) is 4.79 Å². The number of hydrogen-bond acceptors (Lipinski definition) is 3. The molecule has 2 aromatic carbocycles. The van der Waals surface area contributed by atoms with Gasteiger partial charge in [0.25, 0.3) is 8.32 Å². The third-order valence-electron chi connectivity index (χ3n) is 5.28. The number of carbonyl (C=O) groups is 1. The summed E-state index contributed by atoms with van der Waals surface area (Å²) in [6.45, 7) is 7.17. The van der Waals surface area contributed by atoms with Crippen LogP contribution in [0.3, 0.4) is 0 Å². The second-order valence-electron chi connectivity index (χ2n) is 8.33. The van der Waals surface area contributed by atoms with E-state index >= 15 is 0 Å². The molecule has 0 N–H and O–H groups in total. The Balaban J connectivity index is 2.00.